The van der Waals surface area contributed by atoms with Crippen LogP contribution in [0.4, 0.5) is 4.79 Å². The molecule has 0 saturated carbocycles. The number of aliphatic hydroxyl groups is 1. The minimum Gasteiger partial charge on any atom is -0.447 e. The van der Waals surface area contributed by atoms with Crippen LogP contribution in [0.2, 0.25) is 0 Å². The normalized spacial score (nSPS) is 31.9. The number of cyclic esters (lactones) is 1. The zero-order valence-electron chi connectivity index (χ0n) is 9.76. The van der Waals surface area contributed by atoms with Gasteiger partial charge in [-0.25, -0.2) is 4.79 Å². The molecule has 2 aliphatic heterocycles. The standard InChI is InChI=1S/C11H20N2O3/c1-2-12-5-3-4-9(6-12)13-10(7-14)8-16-11(13)15/h9-10,14H,2-8H2,1H3. The molecule has 0 aliphatic carbocycles. The first-order valence-electron chi connectivity index (χ1n) is 6.04. The maximum atomic E-state index is 11.6. The fourth-order valence-electron chi connectivity index (χ4n) is 2.60. The van der Waals surface area contributed by atoms with Crippen LogP contribution in [0.1, 0.15) is 19.8 Å². The summed E-state index contributed by atoms with van der Waals surface area (Å²) >= 11 is 0. The highest BCUT2D eigenvalue weighted by Crippen LogP contribution is 2.22. The van der Waals surface area contributed by atoms with Gasteiger partial charge < -0.3 is 14.7 Å². The molecule has 2 fully saturated rings. The average molecular weight is 228 g/mol. The third kappa shape index (κ3) is 2.15. The summed E-state index contributed by atoms with van der Waals surface area (Å²) in [5, 5.41) is 9.22. The molecule has 92 valence electrons. The van der Waals surface area contributed by atoms with Crippen molar-refractivity contribution in [1.82, 2.24) is 9.80 Å². The van der Waals surface area contributed by atoms with E-state index in [1.807, 2.05) is 0 Å². The third-order valence-corrected chi connectivity index (χ3v) is 3.54. The van der Waals surface area contributed by atoms with Crippen LogP contribution in [-0.4, -0.2) is 65.9 Å². The van der Waals surface area contributed by atoms with Gasteiger partial charge in [0, 0.05) is 12.6 Å². The number of likely N-dealkylation sites (tertiary alicyclic amines) is 1. The number of hydrogen-bond acceptors (Lipinski definition) is 4. The topological polar surface area (TPSA) is 53.0 Å². The molecular formula is C11H20N2O3. The molecule has 1 amide bonds. The molecule has 2 aliphatic rings. The molecule has 2 heterocycles. The molecule has 0 bridgehead atoms. The highest BCUT2D eigenvalue weighted by Gasteiger charge is 2.39. The second kappa shape index (κ2) is 5.01. The van der Waals surface area contributed by atoms with E-state index < -0.39 is 0 Å². The minimum absolute atomic E-state index is 0.00559. The van der Waals surface area contributed by atoms with Gasteiger partial charge in [-0.1, -0.05) is 6.92 Å². The van der Waals surface area contributed by atoms with E-state index in [1.165, 1.54) is 0 Å². The first-order valence-corrected chi connectivity index (χ1v) is 6.04. The number of aliphatic hydroxyl groups excluding tert-OH is 1. The maximum Gasteiger partial charge on any atom is 0.410 e. The van der Waals surface area contributed by atoms with E-state index in [2.05, 4.69) is 11.8 Å². The Morgan fingerprint density at radius 3 is 3.06 bits per heavy atom. The van der Waals surface area contributed by atoms with Crippen molar-refractivity contribution >= 4 is 6.09 Å². The molecule has 2 rings (SSSR count). The molecular weight excluding hydrogens is 208 g/mol. The molecule has 0 aromatic rings. The molecule has 2 unspecified atom stereocenters. The quantitative estimate of drug-likeness (QED) is 0.754. The predicted molar refractivity (Wildman–Crippen MR) is 59.2 cm³/mol. The Hall–Kier alpha value is -0.810. The third-order valence-electron chi connectivity index (χ3n) is 3.54. The monoisotopic (exact) mass is 228 g/mol. The fourth-order valence-corrected chi connectivity index (χ4v) is 2.60. The van der Waals surface area contributed by atoms with E-state index in [-0.39, 0.29) is 24.8 Å². The van der Waals surface area contributed by atoms with Crippen LogP contribution in [0.5, 0.6) is 0 Å². The van der Waals surface area contributed by atoms with Gasteiger partial charge in [0.1, 0.15) is 6.61 Å². The Balaban J connectivity index is 2.01. The number of likely N-dealkylation sites (N-methyl/N-ethyl adjacent to an activating group) is 1. The number of hydrogen-bond donors (Lipinski definition) is 1. The second-order valence-corrected chi connectivity index (χ2v) is 4.51. The van der Waals surface area contributed by atoms with Crippen LogP contribution in [0.15, 0.2) is 0 Å². The number of nitrogens with zero attached hydrogens (tertiary/aromatic N) is 2. The Labute approximate surface area is 96.0 Å². The van der Waals surface area contributed by atoms with Crippen molar-refractivity contribution in [3.63, 3.8) is 0 Å². The summed E-state index contributed by atoms with van der Waals surface area (Å²) in [7, 11) is 0. The van der Waals surface area contributed by atoms with Crippen LogP contribution >= 0.6 is 0 Å². The summed E-state index contributed by atoms with van der Waals surface area (Å²) < 4.78 is 5.00. The Bertz CT molecular complexity index is 260. The van der Waals surface area contributed by atoms with Crippen molar-refractivity contribution in [3.8, 4) is 0 Å². The molecule has 5 heteroatoms. The minimum atomic E-state index is -0.262. The van der Waals surface area contributed by atoms with Gasteiger partial charge in [-0.15, -0.1) is 0 Å². The van der Waals surface area contributed by atoms with Gasteiger partial charge >= 0.3 is 6.09 Å². The van der Waals surface area contributed by atoms with Crippen molar-refractivity contribution in [2.75, 3.05) is 32.8 Å². The van der Waals surface area contributed by atoms with Gasteiger partial charge in [-0.3, -0.25) is 4.90 Å². The van der Waals surface area contributed by atoms with Gasteiger partial charge in [0.15, 0.2) is 0 Å². The molecule has 16 heavy (non-hydrogen) atoms. The van der Waals surface area contributed by atoms with Gasteiger partial charge in [0.25, 0.3) is 0 Å². The van der Waals surface area contributed by atoms with Crippen molar-refractivity contribution in [2.24, 2.45) is 0 Å². The lowest BCUT2D eigenvalue weighted by Gasteiger charge is -2.37. The van der Waals surface area contributed by atoms with Crippen molar-refractivity contribution in [1.29, 1.82) is 0 Å². The molecule has 0 aromatic carbocycles. The SMILES string of the molecule is CCN1CCCC(N2C(=O)OCC2CO)C1. The number of ether oxygens (including phenoxy) is 1. The molecule has 2 atom stereocenters. The Kier molecular flexibility index (Phi) is 3.66. The van der Waals surface area contributed by atoms with Crippen LogP contribution < -0.4 is 0 Å². The Morgan fingerprint density at radius 1 is 1.56 bits per heavy atom. The van der Waals surface area contributed by atoms with E-state index in [4.69, 9.17) is 4.74 Å². The largest absolute Gasteiger partial charge is 0.447 e. The van der Waals surface area contributed by atoms with Crippen LogP contribution in [0, 0.1) is 0 Å². The van der Waals surface area contributed by atoms with Crippen LogP contribution in [0.25, 0.3) is 0 Å². The van der Waals surface area contributed by atoms with E-state index in [0.29, 0.717) is 6.61 Å². The summed E-state index contributed by atoms with van der Waals surface area (Å²) in [5.74, 6) is 0. The first-order chi connectivity index (χ1) is 7.76. The lowest BCUT2D eigenvalue weighted by molar-refractivity contribution is 0.0853. The van der Waals surface area contributed by atoms with E-state index in [9.17, 15) is 9.90 Å². The first kappa shape index (κ1) is 11.7. The zero-order valence-corrected chi connectivity index (χ0v) is 9.76. The molecule has 1 N–H and O–H groups in total. The van der Waals surface area contributed by atoms with Crippen molar-refractivity contribution in [3.05, 3.63) is 0 Å². The number of piperidine rings is 1. The zero-order chi connectivity index (χ0) is 11.5. The number of carbonyl (C=O) groups is 1. The van der Waals surface area contributed by atoms with Gasteiger partial charge in [0.05, 0.1) is 12.6 Å². The van der Waals surface area contributed by atoms with E-state index >= 15 is 0 Å². The lowest BCUT2D eigenvalue weighted by Crippen LogP contribution is -2.52. The fraction of sp³-hybridized carbons (Fsp3) is 0.909. The smallest absolute Gasteiger partial charge is 0.410 e. The summed E-state index contributed by atoms with van der Waals surface area (Å²) in [4.78, 5) is 15.7. The average Bonchev–Trinajstić information content (AvgIpc) is 2.70. The molecule has 5 nitrogen and oxygen atoms in total. The second-order valence-electron chi connectivity index (χ2n) is 4.51. The van der Waals surface area contributed by atoms with E-state index in [1.54, 1.807) is 4.90 Å². The Morgan fingerprint density at radius 2 is 2.38 bits per heavy atom. The van der Waals surface area contributed by atoms with Gasteiger partial charge in [0.2, 0.25) is 0 Å². The highest BCUT2D eigenvalue weighted by molar-refractivity contribution is 5.70. The van der Waals surface area contributed by atoms with Gasteiger partial charge in [-0.05, 0) is 25.9 Å². The van der Waals surface area contributed by atoms with E-state index in [0.717, 1.165) is 32.5 Å². The number of amides is 1. The number of carbonyl (C=O) groups excluding carboxylic acids is 1. The van der Waals surface area contributed by atoms with Gasteiger partial charge in [-0.2, -0.15) is 0 Å². The summed E-state index contributed by atoms with van der Waals surface area (Å²) in [6.45, 7) is 5.49. The van der Waals surface area contributed by atoms with Crippen LogP contribution in [0.3, 0.4) is 0 Å². The van der Waals surface area contributed by atoms with Crippen LogP contribution in [-0.2, 0) is 4.74 Å². The maximum absolute atomic E-state index is 11.6. The highest BCUT2D eigenvalue weighted by atomic mass is 16.6. The summed E-state index contributed by atoms with van der Waals surface area (Å²) in [6.07, 6.45) is 1.87. The molecule has 0 radical (unpaired) electrons. The summed E-state index contributed by atoms with van der Waals surface area (Å²) in [6, 6.07) is 0.0650. The molecule has 2 saturated heterocycles. The predicted octanol–water partition coefficient (Wildman–Crippen LogP) is 0.284. The number of rotatable bonds is 3. The summed E-state index contributed by atoms with van der Waals surface area (Å²) in [5.41, 5.74) is 0. The van der Waals surface area contributed by atoms with Crippen molar-refractivity contribution in [2.45, 2.75) is 31.8 Å². The lowest BCUT2D eigenvalue weighted by atomic mass is 10.0. The van der Waals surface area contributed by atoms with Crippen molar-refractivity contribution < 1.29 is 14.6 Å². The molecule has 0 spiro atoms. The molecule has 0 aromatic heterocycles.